The summed E-state index contributed by atoms with van der Waals surface area (Å²) < 4.78 is 35.2. The number of carbonyl (C=O) groups is 1. The van der Waals surface area contributed by atoms with E-state index in [1.54, 1.807) is 81.7 Å². The van der Waals surface area contributed by atoms with E-state index in [1.807, 2.05) is 6.92 Å². The highest BCUT2D eigenvalue weighted by Gasteiger charge is 2.23. The first kappa shape index (κ1) is 20.9. The molecule has 0 saturated heterocycles. The van der Waals surface area contributed by atoms with Crippen LogP contribution in [0.4, 0.5) is 10.5 Å². The second-order valence-corrected chi connectivity index (χ2v) is 10.0. The molecule has 2 aromatic heterocycles. The topological polar surface area (TPSA) is 90.3 Å². The van der Waals surface area contributed by atoms with Crippen molar-refractivity contribution in [1.82, 2.24) is 9.55 Å². The van der Waals surface area contributed by atoms with E-state index < -0.39 is 21.7 Å². The summed E-state index contributed by atoms with van der Waals surface area (Å²) in [6.45, 7) is 7.31. The molecule has 160 valence electrons. The van der Waals surface area contributed by atoms with Crippen LogP contribution in [-0.4, -0.2) is 29.7 Å². The van der Waals surface area contributed by atoms with Crippen LogP contribution in [0.1, 0.15) is 26.3 Å². The SMILES string of the molecule is Cc1ccc(S(=O)(=O)Nc2ccc3c(c2)c2cnccc2n3C(=O)OC(C)(C)C)cc1. The van der Waals surface area contributed by atoms with Gasteiger partial charge in [-0.25, -0.2) is 17.8 Å². The number of nitrogens with zero attached hydrogens (tertiary/aromatic N) is 2. The lowest BCUT2D eigenvalue weighted by atomic mass is 10.2. The first-order valence-corrected chi connectivity index (χ1v) is 11.2. The normalized spacial score (nSPS) is 12.3. The fourth-order valence-electron chi connectivity index (χ4n) is 3.37. The maximum absolute atomic E-state index is 12.9. The van der Waals surface area contributed by atoms with Gasteiger partial charge in [0.1, 0.15) is 5.60 Å². The zero-order valence-electron chi connectivity index (χ0n) is 17.7. The van der Waals surface area contributed by atoms with Gasteiger partial charge in [0.15, 0.2) is 0 Å². The maximum Gasteiger partial charge on any atom is 0.419 e. The number of aryl methyl sites for hydroxylation is 1. The van der Waals surface area contributed by atoms with Gasteiger partial charge in [0.2, 0.25) is 0 Å². The van der Waals surface area contributed by atoms with Gasteiger partial charge in [0.05, 0.1) is 15.9 Å². The molecule has 4 rings (SSSR count). The molecule has 0 radical (unpaired) electrons. The van der Waals surface area contributed by atoms with Crippen LogP contribution >= 0.6 is 0 Å². The molecule has 0 aliphatic rings. The van der Waals surface area contributed by atoms with Crippen LogP contribution in [0, 0.1) is 6.92 Å². The third-order valence-electron chi connectivity index (χ3n) is 4.73. The highest BCUT2D eigenvalue weighted by molar-refractivity contribution is 7.92. The summed E-state index contributed by atoms with van der Waals surface area (Å²) in [6.07, 6.45) is 2.74. The third kappa shape index (κ3) is 4.11. The van der Waals surface area contributed by atoms with E-state index in [1.165, 1.54) is 4.57 Å². The molecule has 1 N–H and O–H groups in total. The number of pyridine rings is 1. The number of hydrogen-bond donors (Lipinski definition) is 1. The second kappa shape index (κ2) is 7.39. The molecule has 0 spiro atoms. The van der Waals surface area contributed by atoms with E-state index in [-0.39, 0.29) is 4.90 Å². The monoisotopic (exact) mass is 437 g/mol. The molecule has 0 unspecified atom stereocenters. The van der Waals surface area contributed by atoms with Crippen molar-refractivity contribution in [1.29, 1.82) is 0 Å². The van der Waals surface area contributed by atoms with Crippen molar-refractivity contribution in [3.63, 3.8) is 0 Å². The fourth-order valence-corrected chi connectivity index (χ4v) is 4.41. The molecule has 2 aromatic carbocycles. The summed E-state index contributed by atoms with van der Waals surface area (Å²) >= 11 is 0. The summed E-state index contributed by atoms with van der Waals surface area (Å²) in [5, 5.41) is 1.41. The molecule has 0 amide bonds. The van der Waals surface area contributed by atoms with Gasteiger partial charge in [0.25, 0.3) is 10.0 Å². The lowest BCUT2D eigenvalue weighted by Crippen LogP contribution is -2.27. The number of sulfonamides is 1. The van der Waals surface area contributed by atoms with Gasteiger partial charge in [-0.2, -0.15) is 0 Å². The van der Waals surface area contributed by atoms with Crippen LogP contribution in [-0.2, 0) is 14.8 Å². The van der Waals surface area contributed by atoms with Gasteiger partial charge in [-0.05, 0) is 64.1 Å². The number of benzene rings is 2. The molecule has 31 heavy (non-hydrogen) atoms. The lowest BCUT2D eigenvalue weighted by Gasteiger charge is -2.20. The molecule has 8 heteroatoms. The molecule has 7 nitrogen and oxygen atoms in total. The molecule has 0 fully saturated rings. The van der Waals surface area contributed by atoms with Crippen LogP contribution in [0.25, 0.3) is 21.8 Å². The van der Waals surface area contributed by atoms with Crippen LogP contribution in [0.15, 0.2) is 65.8 Å². The molecule has 0 aliphatic heterocycles. The Bertz CT molecular complexity index is 1400. The number of ether oxygens (including phenoxy) is 1. The van der Waals surface area contributed by atoms with E-state index in [2.05, 4.69) is 9.71 Å². The van der Waals surface area contributed by atoms with Crippen molar-refractivity contribution in [2.75, 3.05) is 4.72 Å². The minimum atomic E-state index is -3.75. The average molecular weight is 438 g/mol. The highest BCUT2D eigenvalue weighted by Crippen LogP contribution is 2.32. The van der Waals surface area contributed by atoms with Crippen LogP contribution in [0.3, 0.4) is 0 Å². The van der Waals surface area contributed by atoms with Crippen LogP contribution in [0.2, 0.25) is 0 Å². The van der Waals surface area contributed by atoms with Gasteiger partial charge in [-0.1, -0.05) is 17.7 Å². The predicted molar refractivity (Wildman–Crippen MR) is 121 cm³/mol. The minimum Gasteiger partial charge on any atom is -0.443 e. The number of rotatable bonds is 3. The molecule has 2 heterocycles. The Labute approximate surface area is 180 Å². The van der Waals surface area contributed by atoms with Crippen molar-refractivity contribution < 1.29 is 17.9 Å². The van der Waals surface area contributed by atoms with E-state index in [4.69, 9.17) is 4.74 Å². The van der Waals surface area contributed by atoms with Gasteiger partial charge in [-0.15, -0.1) is 0 Å². The Morgan fingerprint density at radius 2 is 1.68 bits per heavy atom. The van der Waals surface area contributed by atoms with Crippen LogP contribution < -0.4 is 4.72 Å². The van der Waals surface area contributed by atoms with Gasteiger partial charge in [-0.3, -0.25) is 9.71 Å². The summed E-state index contributed by atoms with van der Waals surface area (Å²) in [7, 11) is -3.75. The van der Waals surface area contributed by atoms with Gasteiger partial charge < -0.3 is 4.74 Å². The number of carbonyl (C=O) groups excluding carboxylic acids is 1. The zero-order chi connectivity index (χ0) is 22.4. The number of hydrogen-bond acceptors (Lipinski definition) is 5. The summed E-state index contributed by atoms with van der Waals surface area (Å²) in [6, 6.07) is 13.4. The molecule has 0 saturated carbocycles. The Morgan fingerprint density at radius 1 is 1.00 bits per heavy atom. The lowest BCUT2D eigenvalue weighted by molar-refractivity contribution is 0.0551. The van der Waals surface area contributed by atoms with Crippen molar-refractivity contribution in [3.05, 3.63) is 66.5 Å². The zero-order valence-corrected chi connectivity index (χ0v) is 18.5. The third-order valence-corrected chi connectivity index (χ3v) is 6.12. The van der Waals surface area contributed by atoms with E-state index >= 15 is 0 Å². The Morgan fingerprint density at radius 3 is 2.35 bits per heavy atom. The quantitative estimate of drug-likeness (QED) is 0.483. The number of nitrogens with one attached hydrogen (secondary N) is 1. The molecule has 0 bridgehead atoms. The molecule has 0 aliphatic carbocycles. The standard InChI is InChI=1S/C23H23N3O4S/c1-15-5-8-17(9-6-15)31(28,29)25-16-7-10-20-18(13-16)19-14-24-12-11-21(19)26(20)22(27)30-23(2,3)4/h5-14,25H,1-4H3. The first-order chi connectivity index (χ1) is 14.5. The number of fused-ring (bicyclic) bond motifs is 3. The van der Waals surface area contributed by atoms with E-state index in [0.29, 0.717) is 22.1 Å². The highest BCUT2D eigenvalue weighted by atomic mass is 32.2. The van der Waals surface area contributed by atoms with Gasteiger partial charge >= 0.3 is 6.09 Å². The molecular formula is C23H23N3O4S. The first-order valence-electron chi connectivity index (χ1n) is 9.76. The number of aromatic nitrogens is 2. The van der Waals surface area contributed by atoms with E-state index in [9.17, 15) is 13.2 Å². The Kier molecular flexibility index (Phi) is 4.97. The summed E-state index contributed by atoms with van der Waals surface area (Å²) in [5.41, 5.74) is 1.95. The molecular weight excluding hydrogens is 414 g/mol. The number of anilines is 1. The maximum atomic E-state index is 12.9. The van der Waals surface area contributed by atoms with Gasteiger partial charge in [0, 0.05) is 28.9 Å². The van der Waals surface area contributed by atoms with Crippen molar-refractivity contribution in [2.45, 2.75) is 38.2 Å². The van der Waals surface area contributed by atoms with Crippen LogP contribution in [0.5, 0.6) is 0 Å². The van der Waals surface area contributed by atoms with Crippen molar-refractivity contribution in [2.24, 2.45) is 0 Å². The predicted octanol–water partition coefficient (Wildman–Crippen LogP) is 5.08. The molecule has 4 aromatic rings. The summed E-state index contributed by atoms with van der Waals surface area (Å²) in [5.74, 6) is 0. The molecule has 0 atom stereocenters. The summed E-state index contributed by atoms with van der Waals surface area (Å²) in [4.78, 5) is 17.2. The smallest absolute Gasteiger partial charge is 0.419 e. The Balaban J connectivity index is 1.80. The van der Waals surface area contributed by atoms with E-state index in [0.717, 1.165) is 10.9 Å². The minimum absolute atomic E-state index is 0.177. The largest absolute Gasteiger partial charge is 0.443 e. The Hall–Kier alpha value is -3.39. The fraction of sp³-hybridized carbons (Fsp3) is 0.217. The van der Waals surface area contributed by atoms with Crippen molar-refractivity contribution in [3.8, 4) is 0 Å². The average Bonchev–Trinajstić information content (AvgIpc) is 3.01. The van der Waals surface area contributed by atoms with Crippen molar-refractivity contribution >= 4 is 43.6 Å². The second-order valence-electron chi connectivity index (χ2n) is 8.36.